The Morgan fingerprint density at radius 1 is 1.13 bits per heavy atom. The average Bonchev–Trinajstić information content (AvgIpc) is 2.30. The standard InChI is InChI=1S/C13H16ClN/c1-15(12-5-3-2-4-6-12)13-9-7-11(14)8-10-13/h5,7-10H,2-4,6H2,1H3. The molecule has 0 heterocycles. The minimum absolute atomic E-state index is 0.796. The summed E-state index contributed by atoms with van der Waals surface area (Å²) in [6.45, 7) is 0. The second kappa shape index (κ2) is 4.71. The lowest BCUT2D eigenvalue weighted by molar-refractivity contribution is 0.685. The van der Waals surface area contributed by atoms with Crippen LogP contribution >= 0.6 is 11.6 Å². The molecule has 0 aromatic heterocycles. The summed E-state index contributed by atoms with van der Waals surface area (Å²) in [5.74, 6) is 0. The third-order valence-corrected chi connectivity index (χ3v) is 3.16. The Labute approximate surface area is 96.4 Å². The molecule has 1 nitrogen and oxygen atoms in total. The van der Waals surface area contributed by atoms with Gasteiger partial charge in [0.2, 0.25) is 0 Å². The van der Waals surface area contributed by atoms with Crippen molar-refractivity contribution < 1.29 is 0 Å². The maximum Gasteiger partial charge on any atom is 0.0407 e. The zero-order chi connectivity index (χ0) is 10.7. The molecule has 0 N–H and O–H groups in total. The highest BCUT2D eigenvalue weighted by Gasteiger charge is 2.09. The van der Waals surface area contributed by atoms with E-state index in [1.54, 1.807) is 0 Å². The lowest BCUT2D eigenvalue weighted by Gasteiger charge is -2.25. The molecule has 15 heavy (non-hydrogen) atoms. The lowest BCUT2D eigenvalue weighted by Crippen LogP contribution is -2.17. The van der Waals surface area contributed by atoms with Crippen molar-refractivity contribution in [1.29, 1.82) is 0 Å². The fourth-order valence-electron chi connectivity index (χ4n) is 1.96. The van der Waals surface area contributed by atoms with Gasteiger partial charge < -0.3 is 4.90 Å². The van der Waals surface area contributed by atoms with Gasteiger partial charge in [0.05, 0.1) is 0 Å². The van der Waals surface area contributed by atoms with E-state index in [0.29, 0.717) is 0 Å². The van der Waals surface area contributed by atoms with Crippen LogP contribution in [0.15, 0.2) is 36.0 Å². The molecule has 1 aliphatic carbocycles. The molecule has 0 atom stereocenters. The summed E-state index contributed by atoms with van der Waals surface area (Å²) >= 11 is 5.87. The maximum absolute atomic E-state index is 5.87. The van der Waals surface area contributed by atoms with Gasteiger partial charge in [-0.3, -0.25) is 0 Å². The van der Waals surface area contributed by atoms with Gasteiger partial charge in [-0.25, -0.2) is 0 Å². The van der Waals surface area contributed by atoms with E-state index in [0.717, 1.165) is 5.02 Å². The summed E-state index contributed by atoms with van der Waals surface area (Å²) < 4.78 is 0. The van der Waals surface area contributed by atoms with Crippen LogP contribution in [-0.2, 0) is 0 Å². The van der Waals surface area contributed by atoms with Crippen molar-refractivity contribution in [1.82, 2.24) is 0 Å². The molecule has 0 aliphatic heterocycles. The van der Waals surface area contributed by atoms with Crippen LogP contribution in [0.25, 0.3) is 0 Å². The number of anilines is 1. The number of rotatable bonds is 2. The van der Waals surface area contributed by atoms with Crippen molar-refractivity contribution in [3.63, 3.8) is 0 Å². The quantitative estimate of drug-likeness (QED) is 0.722. The van der Waals surface area contributed by atoms with Crippen molar-refractivity contribution in [2.45, 2.75) is 25.7 Å². The Morgan fingerprint density at radius 2 is 1.87 bits per heavy atom. The summed E-state index contributed by atoms with van der Waals surface area (Å²) in [6.07, 6.45) is 7.40. The van der Waals surface area contributed by atoms with Gasteiger partial charge >= 0.3 is 0 Å². The van der Waals surface area contributed by atoms with Crippen molar-refractivity contribution in [3.8, 4) is 0 Å². The van der Waals surface area contributed by atoms with Crippen molar-refractivity contribution >= 4 is 17.3 Å². The SMILES string of the molecule is CN(C1=CCCCC1)c1ccc(Cl)cc1. The van der Waals surface area contributed by atoms with E-state index in [-0.39, 0.29) is 0 Å². The first-order valence-corrected chi connectivity index (χ1v) is 5.83. The lowest BCUT2D eigenvalue weighted by atomic mass is 10.0. The third-order valence-electron chi connectivity index (χ3n) is 2.91. The molecule has 2 rings (SSSR count). The first-order valence-electron chi connectivity index (χ1n) is 5.46. The van der Waals surface area contributed by atoms with E-state index in [1.807, 2.05) is 12.1 Å². The number of hydrogen-bond acceptors (Lipinski definition) is 1. The van der Waals surface area contributed by atoms with Crippen LogP contribution in [0.4, 0.5) is 5.69 Å². The van der Waals surface area contributed by atoms with E-state index in [4.69, 9.17) is 11.6 Å². The van der Waals surface area contributed by atoms with Gasteiger partial charge in [-0.1, -0.05) is 17.7 Å². The molecule has 80 valence electrons. The van der Waals surface area contributed by atoms with Crippen LogP contribution in [-0.4, -0.2) is 7.05 Å². The first kappa shape index (κ1) is 10.6. The van der Waals surface area contributed by atoms with Crippen molar-refractivity contribution in [2.24, 2.45) is 0 Å². The zero-order valence-corrected chi connectivity index (χ0v) is 9.80. The van der Waals surface area contributed by atoms with Crippen LogP contribution in [0.3, 0.4) is 0 Å². The second-order valence-corrected chi connectivity index (χ2v) is 4.41. The Hall–Kier alpha value is -0.950. The van der Waals surface area contributed by atoms with E-state index < -0.39 is 0 Å². The Morgan fingerprint density at radius 3 is 2.47 bits per heavy atom. The van der Waals surface area contributed by atoms with E-state index >= 15 is 0 Å². The Balaban J connectivity index is 2.16. The number of halogens is 1. The van der Waals surface area contributed by atoms with Gasteiger partial charge in [0, 0.05) is 23.5 Å². The summed E-state index contributed by atoms with van der Waals surface area (Å²) in [5, 5.41) is 0.796. The zero-order valence-electron chi connectivity index (χ0n) is 9.04. The normalized spacial score (nSPS) is 16.0. The topological polar surface area (TPSA) is 3.24 Å². The minimum atomic E-state index is 0.796. The highest BCUT2D eigenvalue weighted by molar-refractivity contribution is 6.30. The highest BCUT2D eigenvalue weighted by Crippen LogP contribution is 2.25. The molecular formula is C13H16ClN. The molecule has 0 radical (unpaired) electrons. The molecule has 0 unspecified atom stereocenters. The predicted molar refractivity (Wildman–Crippen MR) is 66.4 cm³/mol. The monoisotopic (exact) mass is 221 g/mol. The largest absolute Gasteiger partial charge is 0.349 e. The molecule has 0 amide bonds. The van der Waals surface area contributed by atoms with Gasteiger partial charge in [-0.05, 0) is 49.9 Å². The smallest absolute Gasteiger partial charge is 0.0407 e. The van der Waals surface area contributed by atoms with Crippen LogP contribution in [0, 0.1) is 0 Å². The van der Waals surface area contributed by atoms with Crippen LogP contribution in [0.2, 0.25) is 5.02 Å². The second-order valence-electron chi connectivity index (χ2n) is 3.98. The number of hydrogen-bond donors (Lipinski definition) is 0. The van der Waals surface area contributed by atoms with E-state index in [1.165, 1.54) is 37.1 Å². The molecule has 0 saturated carbocycles. The predicted octanol–water partition coefficient (Wildman–Crippen LogP) is 4.23. The number of allylic oxidation sites excluding steroid dienone is 2. The van der Waals surface area contributed by atoms with E-state index in [2.05, 4.69) is 30.2 Å². The summed E-state index contributed by atoms with van der Waals surface area (Å²) in [4.78, 5) is 2.26. The van der Waals surface area contributed by atoms with Crippen molar-refractivity contribution in [3.05, 3.63) is 41.1 Å². The van der Waals surface area contributed by atoms with Gasteiger partial charge in [-0.15, -0.1) is 0 Å². The molecule has 2 heteroatoms. The molecule has 0 saturated heterocycles. The highest BCUT2D eigenvalue weighted by atomic mass is 35.5. The molecule has 1 aromatic carbocycles. The first-order chi connectivity index (χ1) is 7.27. The molecular weight excluding hydrogens is 206 g/mol. The Kier molecular flexibility index (Phi) is 3.32. The molecule has 1 aliphatic rings. The molecule has 0 bridgehead atoms. The molecule has 0 spiro atoms. The average molecular weight is 222 g/mol. The van der Waals surface area contributed by atoms with E-state index in [9.17, 15) is 0 Å². The van der Waals surface area contributed by atoms with Gasteiger partial charge in [-0.2, -0.15) is 0 Å². The van der Waals surface area contributed by atoms with Crippen molar-refractivity contribution in [2.75, 3.05) is 11.9 Å². The van der Waals surface area contributed by atoms with Gasteiger partial charge in [0.1, 0.15) is 0 Å². The summed E-state index contributed by atoms with van der Waals surface area (Å²) in [7, 11) is 2.13. The van der Waals surface area contributed by atoms with Gasteiger partial charge in [0.25, 0.3) is 0 Å². The summed E-state index contributed by atoms with van der Waals surface area (Å²) in [5.41, 5.74) is 2.65. The number of benzene rings is 1. The van der Waals surface area contributed by atoms with Crippen LogP contribution in [0.5, 0.6) is 0 Å². The fraction of sp³-hybridized carbons (Fsp3) is 0.385. The van der Waals surface area contributed by atoms with Crippen LogP contribution < -0.4 is 4.90 Å². The number of nitrogens with zero attached hydrogens (tertiary/aromatic N) is 1. The molecule has 0 fully saturated rings. The maximum atomic E-state index is 5.87. The fourth-order valence-corrected chi connectivity index (χ4v) is 2.08. The summed E-state index contributed by atoms with van der Waals surface area (Å²) in [6, 6.07) is 8.02. The minimum Gasteiger partial charge on any atom is -0.349 e. The third kappa shape index (κ3) is 2.54. The molecule has 1 aromatic rings. The Bertz CT molecular complexity index is 353. The van der Waals surface area contributed by atoms with Gasteiger partial charge in [0.15, 0.2) is 0 Å². The van der Waals surface area contributed by atoms with Crippen LogP contribution in [0.1, 0.15) is 25.7 Å².